The van der Waals surface area contributed by atoms with Crippen molar-refractivity contribution in [2.24, 2.45) is 5.92 Å². The number of nitrogens with zero attached hydrogens (tertiary/aromatic N) is 1. The molecule has 1 unspecified atom stereocenters. The van der Waals surface area contributed by atoms with Crippen molar-refractivity contribution in [3.05, 3.63) is 0 Å². The summed E-state index contributed by atoms with van der Waals surface area (Å²) in [4.78, 5) is 13.1. The Kier molecular flexibility index (Phi) is 3.53. The standard InChI is InChI=1S/C9H17NO2/c1-8-3-5-10(7-8)6-4-9(11)12-2/h8H,3-7H2,1-2H3. The van der Waals surface area contributed by atoms with Crippen molar-refractivity contribution in [2.75, 3.05) is 26.7 Å². The summed E-state index contributed by atoms with van der Waals surface area (Å²) in [6, 6.07) is 0. The van der Waals surface area contributed by atoms with E-state index in [0.717, 1.165) is 25.6 Å². The molecule has 12 heavy (non-hydrogen) atoms. The summed E-state index contributed by atoms with van der Waals surface area (Å²) in [5.74, 6) is 0.692. The van der Waals surface area contributed by atoms with Crippen LogP contribution < -0.4 is 0 Å². The molecule has 0 amide bonds. The molecule has 0 spiro atoms. The third-order valence-electron chi connectivity index (χ3n) is 2.37. The first-order chi connectivity index (χ1) is 5.72. The zero-order chi connectivity index (χ0) is 8.97. The first-order valence-corrected chi connectivity index (χ1v) is 4.51. The molecule has 1 aliphatic rings. The zero-order valence-electron chi connectivity index (χ0n) is 7.88. The van der Waals surface area contributed by atoms with Crippen molar-refractivity contribution in [1.29, 1.82) is 0 Å². The van der Waals surface area contributed by atoms with Gasteiger partial charge in [0.25, 0.3) is 0 Å². The van der Waals surface area contributed by atoms with Crippen LogP contribution in [-0.4, -0.2) is 37.6 Å². The number of ether oxygens (including phenoxy) is 1. The third kappa shape index (κ3) is 2.81. The van der Waals surface area contributed by atoms with E-state index in [1.165, 1.54) is 13.5 Å². The van der Waals surface area contributed by atoms with Gasteiger partial charge in [-0.25, -0.2) is 0 Å². The second-order valence-corrected chi connectivity index (χ2v) is 3.52. The van der Waals surface area contributed by atoms with Gasteiger partial charge in [0.05, 0.1) is 13.5 Å². The molecule has 1 atom stereocenters. The number of hydrogen-bond acceptors (Lipinski definition) is 3. The van der Waals surface area contributed by atoms with E-state index < -0.39 is 0 Å². The van der Waals surface area contributed by atoms with Crippen LogP contribution in [0.15, 0.2) is 0 Å². The Morgan fingerprint density at radius 2 is 2.42 bits per heavy atom. The predicted molar refractivity (Wildman–Crippen MR) is 46.9 cm³/mol. The minimum absolute atomic E-state index is 0.102. The number of carbonyl (C=O) groups is 1. The first-order valence-electron chi connectivity index (χ1n) is 4.51. The van der Waals surface area contributed by atoms with Crippen molar-refractivity contribution < 1.29 is 9.53 Å². The number of esters is 1. The van der Waals surface area contributed by atoms with Gasteiger partial charge in [0, 0.05) is 13.1 Å². The first kappa shape index (κ1) is 9.52. The minimum atomic E-state index is -0.102. The van der Waals surface area contributed by atoms with Crippen molar-refractivity contribution in [3.63, 3.8) is 0 Å². The van der Waals surface area contributed by atoms with Gasteiger partial charge in [0.1, 0.15) is 0 Å². The Balaban J connectivity index is 2.11. The van der Waals surface area contributed by atoms with Crippen LogP contribution in [0.4, 0.5) is 0 Å². The van der Waals surface area contributed by atoms with Crippen molar-refractivity contribution in [3.8, 4) is 0 Å². The van der Waals surface area contributed by atoms with Crippen LogP contribution in [0.3, 0.4) is 0 Å². The summed E-state index contributed by atoms with van der Waals surface area (Å²) in [6.45, 7) is 5.38. The van der Waals surface area contributed by atoms with Crippen LogP contribution in [0, 0.1) is 5.92 Å². The molecule has 1 saturated heterocycles. The molecule has 0 aromatic heterocycles. The second kappa shape index (κ2) is 4.45. The summed E-state index contributed by atoms with van der Waals surface area (Å²) in [5.41, 5.74) is 0. The van der Waals surface area contributed by atoms with Gasteiger partial charge in [0.15, 0.2) is 0 Å². The van der Waals surface area contributed by atoms with Gasteiger partial charge >= 0.3 is 5.97 Å². The molecule has 3 nitrogen and oxygen atoms in total. The lowest BCUT2D eigenvalue weighted by Crippen LogP contribution is -2.23. The van der Waals surface area contributed by atoms with Crippen LogP contribution in [0.25, 0.3) is 0 Å². The fourth-order valence-corrected chi connectivity index (χ4v) is 1.58. The third-order valence-corrected chi connectivity index (χ3v) is 2.37. The molecule has 70 valence electrons. The van der Waals surface area contributed by atoms with Crippen LogP contribution >= 0.6 is 0 Å². The predicted octanol–water partition coefficient (Wildman–Crippen LogP) is 0.891. The summed E-state index contributed by atoms with van der Waals surface area (Å²) >= 11 is 0. The highest BCUT2D eigenvalue weighted by Gasteiger charge is 2.18. The summed E-state index contributed by atoms with van der Waals surface area (Å²) in [5, 5.41) is 0. The van der Waals surface area contributed by atoms with Crippen LogP contribution in [0.5, 0.6) is 0 Å². The van der Waals surface area contributed by atoms with E-state index >= 15 is 0 Å². The van der Waals surface area contributed by atoms with Gasteiger partial charge in [-0.1, -0.05) is 6.92 Å². The Labute approximate surface area is 73.7 Å². The number of rotatable bonds is 3. The van der Waals surface area contributed by atoms with E-state index in [2.05, 4.69) is 16.6 Å². The maximum absolute atomic E-state index is 10.8. The van der Waals surface area contributed by atoms with Crippen molar-refractivity contribution in [2.45, 2.75) is 19.8 Å². The van der Waals surface area contributed by atoms with Gasteiger partial charge in [-0.3, -0.25) is 4.79 Å². The summed E-state index contributed by atoms with van der Waals surface area (Å²) < 4.78 is 4.57. The quantitative estimate of drug-likeness (QED) is 0.591. The lowest BCUT2D eigenvalue weighted by atomic mass is 10.2. The molecule has 0 N–H and O–H groups in total. The fourth-order valence-electron chi connectivity index (χ4n) is 1.58. The fraction of sp³-hybridized carbons (Fsp3) is 0.889. The molecule has 0 bridgehead atoms. The highest BCUT2D eigenvalue weighted by molar-refractivity contribution is 5.69. The van der Waals surface area contributed by atoms with Crippen molar-refractivity contribution in [1.82, 2.24) is 4.90 Å². The number of carbonyl (C=O) groups excluding carboxylic acids is 1. The van der Waals surface area contributed by atoms with E-state index in [-0.39, 0.29) is 5.97 Å². The molecule has 0 aliphatic carbocycles. The molecule has 0 aromatic carbocycles. The molecule has 0 saturated carbocycles. The highest BCUT2D eigenvalue weighted by atomic mass is 16.5. The highest BCUT2D eigenvalue weighted by Crippen LogP contribution is 2.14. The molecular weight excluding hydrogens is 154 g/mol. The summed E-state index contributed by atoms with van der Waals surface area (Å²) in [6.07, 6.45) is 1.80. The van der Waals surface area contributed by atoms with Gasteiger partial charge in [0.2, 0.25) is 0 Å². The molecule has 1 aliphatic heterocycles. The van der Waals surface area contributed by atoms with Crippen molar-refractivity contribution >= 4 is 5.97 Å². The van der Waals surface area contributed by atoms with Gasteiger partial charge in [-0.15, -0.1) is 0 Å². The lowest BCUT2D eigenvalue weighted by molar-refractivity contribution is -0.140. The number of methoxy groups -OCH3 is 1. The average Bonchev–Trinajstić information content (AvgIpc) is 2.47. The van der Waals surface area contributed by atoms with E-state index in [4.69, 9.17) is 0 Å². The van der Waals surface area contributed by atoms with Gasteiger partial charge in [-0.2, -0.15) is 0 Å². The van der Waals surface area contributed by atoms with Crippen LogP contribution in [0.1, 0.15) is 19.8 Å². The van der Waals surface area contributed by atoms with E-state index in [1.54, 1.807) is 0 Å². The Morgan fingerprint density at radius 1 is 1.67 bits per heavy atom. The Hall–Kier alpha value is -0.570. The monoisotopic (exact) mass is 171 g/mol. The lowest BCUT2D eigenvalue weighted by Gasteiger charge is -2.13. The molecule has 3 heteroatoms. The maximum atomic E-state index is 10.8. The maximum Gasteiger partial charge on any atom is 0.306 e. The molecule has 0 aromatic rings. The second-order valence-electron chi connectivity index (χ2n) is 3.52. The smallest absolute Gasteiger partial charge is 0.306 e. The SMILES string of the molecule is COC(=O)CCN1CCC(C)C1. The van der Waals surface area contributed by atoms with E-state index in [0.29, 0.717) is 6.42 Å². The normalized spacial score (nSPS) is 24.3. The molecule has 1 heterocycles. The Morgan fingerprint density at radius 3 is 2.92 bits per heavy atom. The zero-order valence-corrected chi connectivity index (χ0v) is 7.88. The summed E-state index contributed by atoms with van der Waals surface area (Å²) in [7, 11) is 1.44. The average molecular weight is 171 g/mol. The Bertz CT molecular complexity index is 159. The van der Waals surface area contributed by atoms with Gasteiger partial charge in [-0.05, 0) is 18.9 Å². The van der Waals surface area contributed by atoms with Crippen LogP contribution in [0.2, 0.25) is 0 Å². The minimum Gasteiger partial charge on any atom is -0.469 e. The van der Waals surface area contributed by atoms with E-state index in [1.807, 2.05) is 0 Å². The van der Waals surface area contributed by atoms with E-state index in [9.17, 15) is 4.79 Å². The molecule has 1 rings (SSSR count). The molecule has 0 radical (unpaired) electrons. The molecular formula is C9H17NO2. The number of hydrogen-bond donors (Lipinski definition) is 0. The van der Waals surface area contributed by atoms with Gasteiger partial charge < -0.3 is 9.64 Å². The molecule has 1 fully saturated rings. The number of likely N-dealkylation sites (tertiary alicyclic amines) is 1. The van der Waals surface area contributed by atoms with Crippen LogP contribution in [-0.2, 0) is 9.53 Å². The largest absolute Gasteiger partial charge is 0.469 e. The topological polar surface area (TPSA) is 29.5 Å².